The van der Waals surface area contributed by atoms with Crippen LogP contribution in [0.4, 0.5) is 0 Å². The summed E-state index contributed by atoms with van der Waals surface area (Å²) < 4.78 is 5.85. The second-order valence-electron chi connectivity index (χ2n) is 5.32. The Hall–Kier alpha value is -1.80. The molecule has 0 amide bonds. The molecule has 1 aliphatic carbocycles. The van der Waals surface area contributed by atoms with Crippen molar-refractivity contribution in [1.82, 2.24) is 5.32 Å². The molecule has 1 saturated carbocycles. The molecule has 0 aliphatic heterocycles. The van der Waals surface area contributed by atoms with Crippen molar-refractivity contribution < 1.29 is 4.74 Å². The van der Waals surface area contributed by atoms with E-state index in [2.05, 4.69) is 54.7 Å². The van der Waals surface area contributed by atoms with Crippen molar-refractivity contribution in [3.05, 3.63) is 54.1 Å². The van der Waals surface area contributed by atoms with E-state index in [1.807, 2.05) is 6.07 Å². The van der Waals surface area contributed by atoms with E-state index in [9.17, 15) is 0 Å². The van der Waals surface area contributed by atoms with Gasteiger partial charge in [0.25, 0.3) is 0 Å². The fourth-order valence-electron chi connectivity index (χ4n) is 2.21. The van der Waals surface area contributed by atoms with Gasteiger partial charge in [-0.3, -0.25) is 0 Å². The number of hydrogen-bond acceptors (Lipinski definition) is 2. The van der Waals surface area contributed by atoms with Gasteiger partial charge in [-0.25, -0.2) is 0 Å². The lowest BCUT2D eigenvalue weighted by atomic mass is 10.0. The van der Waals surface area contributed by atoms with Gasteiger partial charge >= 0.3 is 0 Å². The average molecular weight is 267 g/mol. The normalized spacial score (nSPS) is 14.2. The van der Waals surface area contributed by atoms with Crippen LogP contribution in [-0.4, -0.2) is 12.6 Å². The maximum Gasteiger partial charge on any atom is 0.120 e. The van der Waals surface area contributed by atoms with E-state index in [1.54, 1.807) is 0 Å². The van der Waals surface area contributed by atoms with Crippen molar-refractivity contribution in [2.75, 3.05) is 6.54 Å². The second-order valence-corrected chi connectivity index (χ2v) is 5.32. The highest BCUT2D eigenvalue weighted by molar-refractivity contribution is 5.65. The molecule has 2 heteroatoms. The third-order valence-corrected chi connectivity index (χ3v) is 3.53. The Morgan fingerprint density at radius 1 is 1.05 bits per heavy atom. The highest BCUT2D eigenvalue weighted by Crippen LogP contribution is 2.29. The topological polar surface area (TPSA) is 21.3 Å². The molecule has 0 atom stereocenters. The molecule has 0 unspecified atom stereocenters. The average Bonchev–Trinajstić information content (AvgIpc) is 3.30. The van der Waals surface area contributed by atoms with E-state index in [0.717, 1.165) is 18.8 Å². The monoisotopic (exact) mass is 267 g/mol. The van der Waals surface area contributed by atoms with Gasteiger partial charge in [0.2, 0.25) is 0 Å². The Balaban J connectivity index is 1.74. The first kappa shape index (κ1) is 13.2. The maximum absolute atomic E-state index is 5.85. The summed E-state index contributed by atoms with van der Waals surface area (Å²) in [5.74, 6) is 0.988. The second kappa shape index (κ2) is 6.10. The smallest absolute Gasteiger partial charge is 0.120 e. The Kier molecular flexibility index (Phi) is 4.03. The molecule has 0 spiro atoms. The first-order valence-corrected chi connectivity index (χ1v) is 7.42. The summed E-state index contributed by atoms with van der Waals surface area (Å²) in [5, 5.41) is 3.34. The minimum absolute atomic E-state index is 0.452. The summed E-state index contributed by atoms with van der Waals surface area (Å²) in [6.45, 7) is 4.06. The molecule has 0 aromatic heterocycles. The number of ether oxygens (including phenoxy) is 1. The molecule has 0 radical (unpaired) electrons. The molecule has 3 rings (SSSR count). The molecular weight excluding hydrogens is 246 g/mol. The van der Waals surface area contributed by atoms with Crippen LogP contribution in [0.5, 0.6) is 5.75 Å². The van der Waals surface area contributed by atoms with Gasteiger partial charge in [0.05, 0.1) is 6.10 Å². The number of rotatable bonds is 6. The van der Waals surface area contributed by atoms with Crippen LogP contribution >= 0.6 is 0 Å². The maximum atomic E-state index is 5.85. The minimum Gasteiger partial charge on any atom is -0.490 e. The molecule has 0 heterocycles. The van der Waals surface area contributed by atoms with E-state index >= 15 is 0 Å². The van der Waals surface area contributed by atoms with E-state index < -0.39 is 0 Å². The summed E-state index contributed by atoms with van der Waals surface area (Å²) in [4.78, 5) is 0. The van der Waals surface area contributed by atoms with E-state index in [-0.39, 0.29) is 0 Å². The van der Waals surface area contributed by atoms with Gasteiger partial charge in [-0.15, -0.1) is 0 Å². The van der Waals surface area contributed by atoms with E-state index in [1.165, 1.54) is 29.5 Å². The van der Waals surface area contributed by atoms with Crippen molar-refractivity contribution in [3.8, 4) is 16.9 Å². The Morgan fingerprint density at radius 3 is 2.55 bits per heavy atom. The minimum atomic E-state index is 0.452. The van der Waals surface area contributed by atoms with Gasteiger partial charge in [-0.05, 0) is 48.2 Å². The van der Waals surface area contributed by atoms with Crippen molar-refractivity contribution in [1.29, 1.82) is 0 Å². The van der Waals surface area contributed by atoms with Crippen LogP contribution in [0.1, 0.15) is 25.3 Å². The molecule has 2 nitrogen and oxygen atoms in total. The molecule has 1 aliphatic rings. The molecule has 20 heavy (non-hydrogen) atoms. The summed E-state index contributed by atoms with van der Waals surface area (Å²) in [6.07, 6.45) is 2.85. The summed E-state index contributed by atoms with van der Waals surface area (Å²) in [5.41, 5.74) is 3.78. The lowest BCUT2D eigenvalue weighted by Crippen LogP contribution is -2.11. The van der Waals surface area contributed by atoms with Crippen LogP contribution in [0.15, 0.2) is 48.5 Å². The highest BCUT2D eigenvalue weighted by atomic mass is 16.5. The third-order valence-electron chi connectivity index (χ3n) is 3.53. The zero-order chi connectivity index (χ0) is 13.8. The quantitative estimate of drug-likeness (QED) is 0.854. The third kappa shape index (κ3) is 3.40. The number of benzene rings is 2. The summed E-state index contributed by atoms with van der Waals surface area (Å²) >= 11 is 0. The lowest BCUT2D eigenvalue weighted by Gasteiger charge is -2.08. The van der Waals surface area contributed by atoms with Gasteiger partial charge < -0.3 is 10.1 Å². The molecule has 2 aromatic rings. The lowest BCUT2D eigenvalue weighted by molar-refractivity contribution is 0.303. The Labute approximate surface area is 120 Å². The number of nitrogens with one attached hydrogen (secondary N) is 1. The fraction of sp³-hybridized carbons (Fsp3) is 0.333. The van der Waals surface area contributed by atoms with Crippen LogP contribution in [-0.2, 0) is 6.54 Å². The van der Waals surface area contributed by atoms with Crippen LogP contribution in [0, 0.1) is 0 Å². The van der Waals surface area contributed by atoms with Gasteiger partial charge in [0.15, 0.2) is 0 Å². The van der Waals surface area contributed by atoms with E-state index in [4.69, 9.17) is 4.74 Å². The summed E-state index contributed by atoms with van der Waals surface area (Å²) in [7, 11) is 0. The summed E-state index contributed by atoms with van der Waals surface area (Å²) in [6, 6.07) is 17.1. The molecular formula is C18H21NO. The predicted molar refractivity (Wildman–Crippen MR) is 82.9 cm³/mol. The standard InChI is InChI=1S/C18H21NO/c1-2-19-13-14-6-8-15(9-7-14)16-4-3-5-18(12-16)20-17-10-11-17/h3-9,12,17,19H,2,10-11,13H2,1H3. The largest absolute Gasteiger partial charge is 0.490 e. The highest BCUT2D eigenvalue weighted by Gasteiger charge is 2.23. The fourth-order valence-corrected chi connectivity index (χ4v) is 2.21. The van der Waals surface area contributed by atoms with Crippen molar-refractivity contribution in [2.45, 2.75) is 32.4 Å². The van der Waals surface area contributed by atoms with Crippen LogP contribution in [0.3, 0.4) is 0 Å². The molecule has 0 bridgehead atoms. The molecule has 0 saturated heterocycles. The van der Waals surface area contributed by atoms with Crippen LogP contribution in [0.25, 0.3) is 11.1 Å². The van der Waals surface area contributed by atoms with Gasteiger partial charge in [0.1, 0.15) is 5.75 Å². The van der Waals surface area contributed by atoms with Gasteiger partial charge in [0, 0.05) is 6.54 Å². The SMILES string of the molecule is CCNCc1ccc(-c2cccc(OC3CC3)c2)cc1. The molecule has 1 fully saturated rings. The zero-order valence-electron chi connectivity index (χ0n) is 11.9. The van der Waals surface area contributed by atoms with Crippen LogP contribution < -0.4 is 10.1 Å². The molecule has 1 N–H and O–H groups in total. The first-order valence-electron chi connectivity index (χ1n) is 7.42. The van der Waals surface area contributed by atoms with Crippen molar-refractivity contribution >= 4 is 0 Å². The molecule has 2 aromatic carbocycles. The zero-order valence-corrected chi connectivity index (χ0v) is 11.9. The van der Waals surface area contributed by atoms with Gasteiger partial charge in [-0.2, -0.15) is 0 Å². The van der Waals surface area contributed by atoms with Crippen molar-refractivity contribution in [2.24, 2.45) is 0 Å². The van der Waals surface area contributed by atoms with Crippen LogP contribution in [0.2, 0.25) is 0 Å². The van der Waals surface area contributed by atoms with E-state index in [0.29, 0.717) is 6.10 Å². The number of hydrogen-bond donors (Lipinski definition) is 1. The Morgan fingerprint density at radius 2 is 1.85 bits per heavy atom. The Bertz CT molecular complexity index is 558. The predicted octanol–water partition coefficient (Wildman–Crippen LogP) is 4.00. The first-order chi connectivity index (χ1) is 9.85. The van der Waals surface area contributed by atoms with Gasteiger partial charge in [-0.1, -0.05) is 43.3 Å². The molecule has 104 valence electrons. The van der Waals surface area contributed by atoms with Crippen molar-refractivity contribution in [3.63, 3.8) is 0 Å².